The van der Waals surface area contributed by atoms with Crippen LogP contribution < -0.4 is 0 Å². The van der Waals surface area contributed by atoms with Gasteiger partial charge in [0, 0.05) is 28.3 Å². The Hall–Kier alpha value is -0.310. The summed E-state index contributed by atoms with van der Waals surface area (Å²) < 4.78 is 0.155. The number of nitrogens with zero attached hydrogens (tertiary/aromatic N) is 2. The minimum absolute atomic E-state index is 0.155. The van der Waals surface area contributed by atoms with E-state index in [0.29, 0.717) is 0 Å². The molecule has 14 heavy (non-hydrogen) atoms. The van der Waals surface area contributed by atoms with Gasteiger partial charge in [-0.1, -0.05) is 13.8 Å². The summed E-state index contributed by atoms with van der Waals surface area (Å²) in [5.41, 5.74) is 0.202. The largest absolute Gasteiger partial charge is 0.295 e. The molecule has 1 rings (SSSR count). The summed E-state index contributed by atoms with van der Waals surface area (Å²) in [5, 5.41) is 0. The van der Waals surface area contributed by atoms with E-state index < -0.39 is 0 Å². The van der Waals surface area contributed by atoms with Crippen LogP contribution >= 0.6 is 11.8 Å². The van der Waals surface area contributed by atoms with E-state index in [0.717, 1.165) is 18.8 Å². The van der Waals surface area contributed by atoms with Crippen LogP contribution in [0.1, 0.15) is 27.7 Å². The van der Waals surface area contributed by atoms with E-state index in [2.05, 4.69) is 50.1 Å². The van der Waals surface area contributed by atoms with E-state index in [4.69, 9.17) is 0 Å². The van der Waals surface area contributed by atoms with Crippen LogP contribution in [0.25, 0.3) is 0 Å². The van der Waals surface area contributed by atoms with Crippen LogP contribution in [0, 0.1) is 5.41 Å². The molecule has 0 bridgehead atoms. The first-order valence-electron chi connectivity index (χ1n) is 5.07. The van der Waals surface area contributed by atoms with Gasteiger partial charge in [-0.3, -0.25) is 9.98 Å². The van der Waals surface area contributed by atoms with E-state index in [1.165, 1.54) is 0 Å². The smallest absolute Gasteiger partial charge is 0.0581 e. The summed E-state index contributed by atoms with van der Waals surface area (Å²) >= 11 is 1.94. The molecule has 0 saturated heterocycles. The second-order valence-electron chi connectivity index (χ2n) is 4.95. The van der Waals surface area contributed by atoms with Gasteiger partial charge >= 0.3 is 0 Å². The minimum atomic E-state index is 0.155. The van der Waals surface area contributed by atoms with E-state index >= 15 is 0 Å². The van der Waals surface area contributed by atoms with Gasteiger partial charge in [-0.2, -0.15) is 0 Å². The second-order valence-corrected chi connectivity index (χ2v) is 6.58. The van der Waals surface area contributed by atoms with Gasteiger partial charge in [-0.15, -0.1) is 11.8 Å². The topological polar surface area (TPSA) is 24.7 Å². The first-order valence-corrected chi connectivity index (χ1v) is 6.06. The zero-order valence-electron chi connectivity index (χ0n) is 9.58. The normalized spacial score (nSPS) is 30.6. The van der Waals surface area contributed by atoms with Crippen molar-refractivity contribution in [3.05, 3.63) is 0 Å². The highest BCUT2D eigenvalue weighted by Gasteiger charge is 2.22. The molecule has 2 nitrogen and oxygen atoms in total. The molecule has 0 aromatic heterocycles. The Morgan fingerprint density at radius 3 is 2.21 bits per heavy atom. The first kappa shape index (κ1) is 11.8. The maximum Gasteiger partial charge on any atom is 0.0581 e. The van der Waals surface area contributed by atoms with Crippen molar-refractivity contribution in [3.8, 4) is 0 Å². The number of thioether (sulfide) groups is 1. The Labute approximate surface area is 91.3 Å². The third-order valence-corrected chi connectivity index (χ3v) is 3.76. The highest BCUT2D eigenvalue weighted by molar-refractivity contribution is 8.01. The maximum atomic E-state index is 4.38. The highest BCUT2D eigenvalue weighted by Crippen LogP contribution is 2.29. The lowest BCUT2D eigenvalue weighted by Crippen LogP contribution is -2.25. The zero-order chi connectivity index (χ0) is 10.7. The van der Waals surface area contributed by atoms with Gasteiger partial charge in [0.15, 0.2) is 0 Å². The molecular weight excluding hydrogens is 192 g/mol. The van der Waals surface area contributed by atoms with Gasteiger partial charge in [-0.25, -0.2) is 0 Å². The second kappa shape index (κ2) is 4.47. The fourth-order valence-electron chi connectivity index (χ4n) is 1.16. The molecule has 0 aromatic carbocycles. The average molecular weight is 212 g/mol. The first-order chi connectivity index (χ1) is 6.41. The fourth-order valence-corrected chi connectivity index (χ4v) is 2.13. The van der Waals surface area contributed by atoms with Gasteiger partial charge < -0.3 is 0 Å². The van der Waals surface area contributed by atoms with Gasteiger partial charge in [0.1, 0.15) is 0 Å². The lowest BCUT2D eigenvalue weighted by molar-refractivity contribution is 0.614. The molecule has 0 fully saturated rings. The lowest BCUT2D eigenvalue weighted by Gasteiger charge is -2.26. The Morgan fingerprint density at radius 1 is 1.00 bits per heavy atom. The van der Waals surface area contributed by atoms with Gasteiger partial charge in [0.05, 0.1) is 13.1 Å². The Morgan fingerprint density at radius 2 is 1.57 bits per heavy atom. The lowest BCUT2D eigenvalue weighted by atomic mass is 9.99. The van der Waals surface area contributed by atoms with Crippen LogP contribution in [0.2, 0.25) is 0 Å². The van der Waals surface area contributed by atoms with Crippen molar-refractivity contribution in [2.24, 2.45) is 15.4 Å². The van der Waals surface area contributed by atoms with Crippen LogP contribution in [0.15, 0.2) is 9.98 Å². The molecule has 0 radical (unpaired) electrons. The highest BCUT2D eigenvalue weighted by atomic mass is 32.2. The standard InChI is InChI=1S/C11H20N2S/c1-10(2)7-12-5-6-13-8-11(3,4)14-9-10/h7-8H,5-6,9H2,1-4H3/b12-7-,13-8-. The van der Waals surface area contributed by atoms with Gasteiger partial charge in [0.2, 0.25) is 0 Å². The third kappa shape index (κ3) is 4.27. The van der Waals surface area contributed by atoms with Crippen molar-refractivity contribution >= 4 is 24.2 Å². The fraction of sp³-hybridized carbons (Fsp3) is 0.818. The minimum Gasteiger partial charge on any atom is -0.295 e. The summed E-state index contributed by atoms with van der Waals surface area (Å²) in [4.78, 5) is 8.75. The quantitative estimate of drug-likeness (QED) is 0.606. The summed E-state index contributed by atoms with van der Waals surface area (Å²) in [5.74, 6) is 1.09. The van der Waals surface area contributed by atoms with Gasteiger partial charge in [0.25, 0.3) is 0 Å². The Balaban J connectivity index is 2.70. The maximum absolute atomic E-state index is 4.38. The van der Waals surface area contributed by atoms with Crippen LogP contribution in [0.5, 0.6) is 0 Å². The van der Waals surface area contributed by atoms with E-state index in [1.807, 2.05) is 11.8 Å². The van der Waals surface area contributed by atoms with E-state index in [9.17, 15) is 0 Å². The molecule has 3 heteroatoms. The monoisotopic (exact) mass is 212 g/mol. The van der Waals surface area contributed by atoms with E-state index in [1.54, 1.807) is 0 Å². The molecule has 0 atom stereocenters. The molecule has 1 aliphatic rings. The number of hydrogen-bond acceptors (Lipinski definition) is 3. The van der Waals surface area contributed by atoms with E-state index in [-0.39, 0.29) is 10.2 Å². The third-order valence-electron chi connectivity index (χ3n) is 2.02. The molecule has 0 spiro atoms. The molecular formula is C11H20N2S. The van der Waals surface area contributed by atoms with Crippen molar-refractivity contribution in [1.82, 2.24) is 0 Å². The van der Waals surface area contributed by atoms with Crippen LogP contribution in [-0.4, -0.2) is 36.0 Å². The predicted octanol–water partition coefficient (Wildman–Crippen LogP) is 2.68. The summed E-state index contributed by atoms with van der Waals surface area (Å²) in [6.07, 6.45) is 4.14. The van der Waals surface area contributed by atoms with Crippen molar-refractivity contribution in [2.45, 2.75) is 32.4 Å². The predicted molar refractivity (Wildman–Crippen MR) is 67.0 cm³/mol. The van der Waals surface area contributed by atoms with Crippen molar-refractivity contribution < 1.29 is 0 Å². The molecule has 0 saturated carbocycles. The van der Waals surface area contributed by atoms with Crippen LogP contribution in [0.3, 0.4) is 0 Å². The molecule has 0 aliphatic carbocycles. The Kier molecular flexibility index (Phi) is 3.76. The zero-order valence-corrected chi connectivity index (χ0v) is 10.4. The summed E-state index contributed by atoms with van der Waals surface area (Å²) in [6.45, 7) is 10.5. The molecule has 0 N–H and O–H groups in total. The van der Waals surface area contributed by atoms with Crippen molar-refractivity contribution in [3.63, 3.8) is 0 Å². The summed E-state index contributed by atoms with van der Waals surface area (Å²) in [7, 11) is 0. The number of hydrogen-bond donors (Lipinski definition) is 0. The molecule has 0 unspecified atom stereocenters. The Bertz CT molecular complexity index is 216. The van der Waals surface area contributed by atoms with Crippen molar-refractivity contribution in [1.29, 1.82) is 0 Å². The molecule has 80 valence electrons. The molecule has 0 aromatic rings. The van der Waals surface area contributed by atoms with Crippen LogP contribution in [-0.2, 0) is 0 Å². The molecule has 0 amide bonds. The number of rotatable bonds is 0. The molecule has 1 heterocycles. The van der Waals surface area contributed by atoms with Crippen molar-refractivity contribution in [2.75, 3.05) is 18.8 Å². The van der Waals surface area contributed by atoms with Gasteiger partial charge in [-0.05, 0) is 13.8 Å². The van der Waals surface area contributed by atoms with Crippen LogP contribution in [0.4, 0.5) is 0 Å². The molecule has 1 aliphatic heterocycles. The summed E-state index contributed by atoms with van der Waals surface area (Å²) in [6, 6.07) is 0. The number of aliphatic imine (C=N–C) groups is 2. The average Bonchev–Trinajstić information content (AvgIpc) is 2.08. The SMILES string of the molecule is CC1(C)/C=N\CC/N=C\C(C)(C)SC1.